The highest BCUT2D eigenvalue weighted by molar-refractivity contribution is 5.35. The van der Waals surface area contributed by atoms with Crippen LogP contribution in [0.25, 0.3) is 0 Å². The highest BCUT2D eigenvalue weighted by atomic mass is 16.3. The lowest BCUT2D eigenvalue weighted by atomic mass is 9.47. The summed E-state index contributed by atoms with van der Waals surface area (Å²) in [5.41, 5.74) is 4.64. The first kappa shape index (κ1) is 22.6. The highest BCUT2D eigenvalue weighted by Gasteiger charge is 2.56. The predicted octanol–water partition coefficient (Wildman–Crippen LogP) is 7.80. The summed E-state index contributed by atoms with van der Waals surface area (Å²) < 4.78 is 0. The van der Waals surface area contributed by atoms with E-state index in [2.05, 4.69) is 60.6 Å². The van der Waals surface area contributed by atoms with Crippen molar-refractivity contribution in [1.82, 2.24) is 0 Å². The predicted molar refractivity (Wildman–Crippen MR) is 128 cm³/mol. The standard InChI is InChI=1S/C29H48O/c1-18(2)19(3)8-9-20(4)23-12-13-25-22-10-11-24-21(5)27(30)15-17-29(24,7)26(22)14-16-28(23,25)6/h8-9,18-21,23-24,26-27,30H,10-17H2,1-7H3. The molecule has 30 heavy (non-hydrogen) atoms. The van der Waals surface area contributed by atoms with E-state index in [9.17, 15) is 5.11 Å². The van der Waals surface area contributed by atoms with E-state index >= 15 is 0 Å². The van der Waals surface area contributed by atoms with Gasteiger partial charge in [0.2, 0.25) is 0 Å². The van der Waals surface area contributed by atoms with Crippen molar-refractivity contribution in [3.8, 4) is 0 Å². The van der Waals surface area contributed by atoms with Crippen LogP contribution in [0.1, 0.15) is 99.8 Å². The summed E-state index contributed by atoms with van der Waals surface area (Å²) in [5, 5.41) is 10.5. The van der Waals surface area contributed by atoms with Gasteiger partial charge in [-0.05, 0) is 104 Å². The van der Waals surface area contributed by atoms with Gasteiger partial charge in [-0.1, -0.05) is 71.8 Å². The average Bonchev–Trinajstić information content (AvgIpc) is 3.06. The molecule has 1 heteroatoms. The van der Waals surface area contributed by atoms with Crippen LogP contribution in [0.15, 0.2) is 23.3 Å². The molecule has 0 saturated heterocycles. The Balaban J connectivity index is 1.59. The van der Waals surface area contributed by atoms with Crippen LogP contribution in [0.3, 0.4) is 0 Å². The summed E-state index contributed by atoms with van der Waals surface area (Å²) in [7, 11) is 0. The van der Waals surface area contributed by atoms with Crippen LogP contribution in [0.4, 0.5) is 0 Å². The Kier molecular flexibility index (Phi) is 6.10. The quantitative estimate of drug-likeness (QED) is 0.467. The fraction of sp³-hybridized carbons (Fsp3) is 0.862. The molecule has 1 N–H and O–H groups in total. The van der Waals surface area contributed by atoms with Crippen molar-refractivity contribution in [3.63, 3.8) is 0 Å². The highest BCUT2D eigenvalue weighted by Crippen LogP contribution is 2.66. The van der Waals surface area contributed by atoms with Crippen molar-refractivity contribution in [1.29, 1.82) is 0 Å². The number of fused-ring (bicyclic) bond motifs is 4. The van der Waals surface area contributed by atoms with Crippen molar-refractivity contribution < 1.29 is 5.11 Å². The molecule has 3 saturated carbocycles. The van der Waals surface area contributed by atoms with E-state index in [1.165, 1.54) is 44.9 Å². The minimum Gasteiger partial charge on any atom is -0.393 e. The molecule has 0 aromatic rings. The van der Waals surface area contributed by atoms with Gasteiger partial charge in [0.1, 0.15) is 0 Å². The number of aliphatic hydroxyl groups excluding tert-OH is 1. The molecule has 0 aromatic carbocycles. The Morgan fingerprint density at radius 3 is 2.37 bits per heavy atom. The van der Waals surface area contributed by atoms with E-state index in [-0.39, 0.29) is 6.10 Å². The van der Waals surface area contributed by atoms with E-state index in [1.54, 1.807) is 0 Å². The van der Waals surface area contributed by atoms with Crippen LogP contribution < -0.4 is 0 Å². The Bertz CT molecular complexity index is 701. The molecular formula is C29H48O. The first-order valence-corrected chi connectivity index (χ1v) is 13.2. The average molecular weight is 413 g/mol. The molecule has 1 nitrogen and oxygen atoms in total. The lowest BCUT2D eigenvalue weighted by Gasteiger charge is -2.58. The molecule has 3 fully saturated rings. The van der Waals surface area contributed by atoms with Gasteiger partial charge in [-0.2, -0.15) is 0 Å². The molecule has 4 rings (SSSR count). The van der Waals surface area contributed by atoms with E-state index in [0.717, 1.165) is 30.1 Å². The summed E-state index contributed by atoms with van der Waals surface area (Å²) in [6.45, 7) is 17.1. The summed E-state index contributed by atoms with van der Waals surface area (Å²) >= 11 is 0. The summed E-state index contributed by atoms with van der Waals surface area (Å²) in [4.78, 5) is 0. The SMILES string of the molecule is CC(C)C(C)C=CC(C)C1CCC2=C3CCC4C(C)C(O)CCC4(C)C3CCC21C. The smallest absolute Gasteiger partial charge is 0.0568 e. The zero-order chi connectivity index (χ0) is 21.8. The molecule has 0 bridgehead atoms. The monoisotopic (exact) mass is 412 g/mol. The lowest BCUT2D eigenvalue weighted by molar-refractivity contribution is -0.0777. The minimum absolute atomic E-state index is 0.0668. The maximum atomic E-state index is 10.5. The fourth-order valence-corrected chi connectivity index (χ4v) is 8.54. The third kappa shape index (κ3) is 3.46. The second-order valence-electron chi connectivity index (χ2n) is 12.6. The molecule has 0 radical (unpaired) electrons. The second kappa shape index (κ2) is 8.09. The maximum Gasteiger partial charge on any atom is 0.0568 e. The molecule has 0 heterocycles. The second-order valence-corrected chi connectivity index (χ2v) is 12.6. The van der Waals surface area contributed by atoms with E-state index in [1.807, 2.05) is 11.1 Å². The first-order valence-electron chi connectivity index (χ1n) is 13.2. The Morgan fingerprint density at radius 2 is 1.67 bits per heavy atom. The number of aliphatic hydroxyl groups is 1. The molecule has 0 amide bonds. The Labute approximate surface area is 186 Å². The number of hydrogen-bond donors (Lipinski definition) is 1. The van der Waals surface area contributed by atoms with Crippen LogP contribution in [-0.2, 0) is 0 Å². The van der Waals surface area contributed by atoms with Crippen LogP contribution in [-0.4, -0.2) is 11.2 Å². The number of hydrogen-bond acceptors (Lipinski definition) is 1. The molecule has 0 aromatic heterocycles. The Morgan fingerprint density at radius 1 is 0.933 bits per heavy atom. The lowest BCUT2D eigenvalue weighted by Crippen LogP contribution is -2.51. The van der Waals surface area contributed by atoms with Gasteiger partial charge < -0.3 is 5.11 Å². The zero-order valence-corrected chi connectivity index (χ0v) is 20.9. The summed E-state index contributed by atoms with van der Waals surface area (Å²) in [5.74, 6) is 4.89. The topological polar surface area (TPSA) is 20.2 Å². The van der Waals surface area contributed by atoms with Gasteiger partial charge in [0.15, 0.2) is 0 Å². The molecule has 170 valence electrons. The summed E-state index contributed by atoms with van der Waals surface area (Å²) in [6, 6.07) is 0. The van der Waals surface area contributed by atoms with Crippen molar-refractivity contribution in [2.24, 2.45) is 52.3 Å². The third-order valence-electron chi connectivity index (χ3n) is 11.0. The van der Waals surface area contributed by atoms with Crippen molar-refractivity contribution >= 4 is 0 Å². The summed E-state index contributed by atoms with van der Waals surface area (Å²) in [6.07, 6.45) is 15.4. The van der Waals surface area contributed by atoms with Crippen LogP contribution in [0.5, 0.6) is 0 Å². The van der Waals surface area contributed by atoms with E-state index in [0.29, 0.717) is 28.6 Å². The van der Waals surface area contributed by atoms with Crippen molar-refractivity contribution in [3.05, 3.63) is 23.3 Å². The van der Waals surface area contributed by atoms with Gasteiger partial charge >= 0.3 is 0 Å². The van der Waals surface area contributed by atoms with E-state index in [4.69, 9.17) is 0 Å². The molecule has 9 unspecified atom stereocenters. The Hall–Kier alpha value is -0.560. The zero-order valence-electron chi connectivity index (χ0n) is 20.9. The van der Waals surface area contributed by atoms with E-state index < -0.39 is 0 Å². The molecule has 4 aliphatic carbocycles. The van der Waals surface area contributed by atoms with Crippen LogP contribution in [0, 0.1) is 52.3 Å². The maximum absolute atomic E-state index is 10.5. The molecule has 9 atom stereocenters. The molecule has 0 spiro atoms. The molecular weight excluding hydrogens is 364 g/mol. The van der Waals surface area contributed by atoms with Crippen LogP contribution >= 0.6 is 0 Å². The van der Waals surface area contributed by atoms with Gasteiger partial charge in [0.05, 0.1) is 6.10 Å². The number of rotatable bonds is 4. The molecule has 4 aliphatic rings. The minimum atomic E-state index is -0.0668. The third-order valence-corrected chi connectivity index (χ3v) is 11.0. The van der Waals surface area contributed by atoms with Crippen molar-refractivity contribution in [2.45, 2.75) is 106 Å². The van der Waals surface area contributed by atoms with Gasteiger partial charge in [-0.25, -0.2) is 0 Å². The van der Waals surface area contributed by atoms with Crippen molar-refractivity contribution in [2.75, 3.05) is 0 Å². The van der Waals surface area contributed by atoms with Gasteiger partial charge in [-0.15, -0.1) is 0 Å². The molecule has 0 aliphatic heterocycles. The largest absolute Gasteiger partial charge is 0.393 e. The van der Waals surface area contributed by atoms with Gasteiger partial charge in [0, 0.05) is 0 Å². The van der Waals surface area contributed by atoms with Crippen LogP contribution in [0.2, 0.25) is 0 Å². The first-order chi connectivity index (χ1) is 14.1. The fourth-order valence-electron chi connectivity index (χ4n) is 8.54. The van der Waals surface area contributed by atoms with Gasteiger partial charge in [0.25, 0.3) is 0 Å². The van der Waals surface area contributed by atoms with Gasteiger partial charge in [-0.3, -0.25) is 0 Å². The number of allylic oxidation sites excluding steroid dienone is 4. The normalized spacial score (nSPS) is 46.0.